The number of esters is 2. The topological polar surface area (TPSA) is 71.1 Å². The second kappa shape index (κ2) is 12.1. The van der Waals surface area contributed by atoms with Crippen molar-refractivity contribution in [3.8, 4) is 0 Å². The molecule has 0 amide bonds. The number of alkyl halides is 18. The van der Waals surface area contributed by atoms with E-state index in [1.807, 2.05) is 0 Å². The van der Waals surface area contributed by atoms with E-state index in [9.17, 15) is 84.2 Å². The van der Waals surface area contributed by atoms with Gasteiger partial charge in [0.2, 0.25) is 0 Å². The van der Waals surface area contributed by atoms with Crippen LogP contribution in [0.4, 0.5) is 74.6 Å². The Kier molecular flexibility index (Phi) is 10.7. The fraction of sp³-hybridized carbons (Fsp3) is 0.905. The molecular formula is C21H18F17IO6. The molecule has 24 heteroatoms. The molecule has 264 valence electrons. The van der Waals surface area contributed by atoms with Crippen LogP contribution in [-0.4, -0.2) is 95.2 Å². The Morgan fingerprint density at radius 1 is 0.711 bits per heavy atom. The molecule has 0 aromatic rings. The summed E-state index contributed by atoms with van der Waals surface area (Å²) < 4.78 is 250. The Bertz CT molecular complexity index is 1110. The van der Waals surface area contributed by atoms with Gasteiger partial charge in [0.05, 0.1) is 10.5 Å². The van der Waals surface area contributed by atoms with Gasteiger partial charge >= 0.3 is 59.6 Å². The minimum absolute atomic E-state index is 0.675. The normalized spacial score (nSPS) is 27.6. The number of rotatable bonds is 11. The van der Waals surface area contributed by atoms with Crippen molar-refractivity contribution in [3.63, 3.8) is 0 Å². The van der Waals surface area contributed by atoms with Gasteiger partial charge in [-0.3, -0.25) is 9.59 Å². The van der Waals surface area contributed by atoms with Crippen molar-refractivity contribution in [2.24, 2.45) is 11.8 Å². The third-order valence-corrected chi connectivity index (χ3v) is 8.29. The minimum atomic E-state index is -8.72. The van der Waals surface area contributed by atoms with Crippen molar-refractivity contribution < 1.29 is 103 Å². The van der Waals surface area contributed by atoms with Crippen LogP contribution in [0.1, 0.15) is 20.3 Å². The first-order valence-electron chi connectivity index (χ1n) is 11.8. The van der Waals surface area contributed by atoms with E-state index in [2.05, 4.69) is 0 Å². The van der Waals surface area contributed by atoms with Crippen LogP contribution in [0.5, 0.6) is 0 Å². The van der Waals surface area contributed by atoms with Crippen molar-refractivity contribution in [2.45, 2.75) is 90.3 Å². The maximum absolute atomic E-state index is 14.7. The molecule has 0 spiro atoms. The molecule has 0 aliphatic carbocycles. The number of ether oxygens (including phenoxy) is 4. The van der Waals surface area contributed by atoms with Crippen LogP contribution in [0.15, 0.2) is 0 Å². The molecule has 0 aromatic heterocycles. The first-order chi connectivity index (χ1) is 19.8. The van der Waals surface area contributed by atoms with Gasteiger partial charge in [0.25, 0.3) is 0 Å². The van der Waals surface area contributed by atoms with E-state index < -0.39 is 113 Å². The fourth-order valence-electron chi connectivity index (χ4n) is 4.39. The molecule has 2 aliphatic heterocycles. The van der Waals surface area contributed by atoms with Gasteiger partial charge in [-0.05, 0) is 5.92 Å². The van der Waals surface area contributed by atoms with E-state index in [0.29, 0.717) is 0 Å². The van der Waals surface area contributed by atoms with E-state index in [0.717, 1.165) is 13.8 Å². The Labute approximate surface area is 253 Å². The molecular weight excluding hydrogens is 798 g/mol. The van der Waals surface area contributed by atoms with Crippen molar-refractivity contribution in [1.82, 2.24) is 0 Å². The van der Waals surface area contributed by atoms with Crippen LogP contribution in [0.25, 0.3) is 0 Å². The van der Waals surface area contributed by atoms with Crippen molar-refractivity contribution in [1.29, 1.82) is 0 Å². The Balaban J connectivity index is 2.46. The number of carbonyl (C=O) groups excluding carboxylic acids is 2. The maximum atomic E-state index is 14.7. The number of fused-ring (bicyclic) bond motifs is 1. The molecule has 2 saturated heterocycles. The Morgan fingerprint density at radius 2 is 1.16 bits per heavy atom. The molecule has 2 rings (SSSR count). The lowest BCUT2D eigenvalue weighted by molar-refractivity contribution is -0.462. The SMILES string of the molecule is CC(=O)OC[C@H]1O[C@@H]2OC[C@H](CC(F)(F)C(F)(F)C(F)(F)C(F)(F)C(F)(F)C(F)(F)C(F)(F)C(F)(F)F)[C@@H]2[C@@H](I)[C@@H]1OC(C)=O. The molecule has 0 radical (unpaired) electrons. The second-order valence-electron chi connectivity index (χ2n) is 9.89. The van der Waals surface area contributed by atoms with Crippen molar-refractivity contribution >= 4 is 34.5 Å². The summed E-state index contributed by atoms with van der Waals surface area (Å²) in [6, 6.07) is 0. The Hall–Kier alpha value is -1.60. The summed E-state index contributed by atoms with van der Waals surface area (Å²) >= 11 is 1.37. The van der Waals surface area contributed by atoms with Crippen molar-refractivity contribution in [3.05, 3.63) is 0 Å². The first kappa shape index (κ1) is 39.6. The number of hydrogen-bond acceptors (Lipinski definition) is 6. The zero-order valence-corrected chi connectivity index (χ0v) is 24.0. The summed E-state index contributed by atoms with van der Waals surface area (Å²) in [7, 11) is 0. The molecule has 2 aliphatic rings. The molecule has 0 N–H and O–H groups in total. The van der Waals surface area contributed by atoms with E-state index in [1.54, 1.807) is 0 Å². The number of halogens is 18. The lowest BCUT2D eigenvalue weighted by Crippen LogP contribution is -2.74. The van der Waals surface area contributed by atoms with Gasteiger partial charge in [-0.25, -0.2) is 0 Å². The highest BCUT2D eigenvalue weighted by Crippen LogP contribution is 2.64. The lowest BCUT2D eigenvalue weighted by atomic mass is 9.80. The molecule has 0 unspecified atom stereocenters. The third kappa shape index (κ3) is 6.35. The second-order valence-corrected chi connectivity index (χ2v) is 11.3. The van der Waals surface area contributed by atoms with Crippen LogP contribution in [0.3, 0.4) is 0 Å². The number of hydrogen-bond donors (Lipinski definition) is 0. The molecule has 2 heterocycles. The van der Waals surface area contributed by atoms with Crippen LogP contribution >= 0.6 is 22.6 Å². The minimum Gasteiger partial charge on any atom is -0.463 e. The van der Waals surface area contributed by atoms with Crippen LogP contribution in [-0.2, 0) is 28.5 Å². The molecule has 45 heavy (non-hydrogen) atoms. The zero-order chi connectivity index (χ0) is 35.6. The fourth-order valence-corrected chi connectivity index (χ4v) is 5.93. The van der Waals surface area contributed by atoms with Gasteiger partial charge in [-0.15, -0.1) is 0 Å². The number of carbonyl (C=O) groups is 2. The summed E-state index contributed by atoms with van der Waals surface area (Å²) in [5.41, 5.74) is 0. The lowest BCUT2D eigenvalue weighted by Gasteiger charge is -2.44. The van der Waals surface area contributed by atoms with Gasteiger partial charge in [0.15, 0.2) is 6.29 Å². The molecule has 0 saturated carbocycles. The molecule has 0 bridgehead atoms. The molecule has 0 aromatic carbocycles. The summed E-state index contributed by atoms with van der Waals surface area (Å²) in [5.74, 6) is -62.9. The van der Waals surface area contributed by atoms with Gasteiger partial charge in [0, 0.05) is 26.2 Å². The van der Waals surface area contributed by atoms with E-state index in [4.69, 9.17) is 18.9 Å². The van der Waals surface area contributed by atoms with Gasteiger partial charge in [0.1, 0.15) is 18.8 Å². The monoisotopic (exact) mass is 816 g/mol. The van der Waals surface area contributed by atoms with Crippen molar-refractivity contribution in [2.75, 3.05) is 13.2 Å². The van der Waals surface area contributed by atoms with E-state index >= 15 is 0 Å². The largest absolute Gasteiger partial charge is 0.463 e. The molecule has 2 fully saturated rings. The summed E-state index contributed by atoms with van der Waals surface area (Å²) in [5, 5.41) is 0. The highest BCUT2D eigenvalue weighted by molar-refractivity contribution is 14.1. The van der Waals surface area contributed by atoms with Gasteiger partial charge in [-0.1, -0.05) is 22.6 Å². The average molecular weight is 816 g/mol. The van der Waals surface area contributed by atoms with E-state index in [1.165, 1.54) is 22.6 Å². The van der Waals surface area contributed by atoms with Gasteiger partial charge < -0.3 is 18.9 Å². The quantitative estimate of drug-likeness (QED) is 0.101. The predicted molar refractivity (Wildman–Crippen MR) is 117 cm³/mol. The summed E-state index contributed by atoms with van der Waals surface area (Å²) in [6.07, 6.45) is -15.3. The summed E-state index contributed by atoms with van der Waals surface area (Å²) in [4.78, 5) is 22.7. The first-order valence-corrected chi connectivity index (χ1v) is 13.0. The highest BCUT2D eigenvalue weighted by Gasteiger charge is 2.95. The van der Waals surface area contributed by atoms with Gasteiger partial charge in [-0.2, -0.15) is 74.6 Å². The predicted octanol–water partition coefficient (Wildman–Crippen LogP) is 6.67. The smallest absolute Gasteiger partial charge is 0.460 e. The average Bonchev–Trinajstić information content (AvgIpc) is 3.24. The van der Waals surface area contributed by atoms with E-state index in [-0.39, 0.29) is 0 Å². The zero-order valence-electron chi connectivity index (χ0n) is 21.8. The molecule has 6 nitrogen and oxygen atoms in total. The summed E-state index contributed by atoms with van der Waals surface area (Å²) in [6.45, 7) is -0.0777. The van der Waals surface area contributed by atoms with Crippen LogP contribution in [0.2, 0.25) is 0 Å². The highest BCUT2D eigenvalue weighted by atomic mass is 127. The Morgan fingerprint density at radius 3 is 1.58 bits per heavy atom. The van der Waals surface area contributed by atoms with Crippen LogP contribution < -0.4 is 0 Å². The maximum Gasteiger partial charge on any atom is 0.460 e. The third-order valence-electron chi connectivity index (χ3n) is 6.75. The van der Waals surface area contributed by atoms with Crippen LogP contribution in [0, 0.1) is 11.8 Å². The molecule has 6 atom stereocenters. The standard InChI is InChI=1S/C21H18F17IO6/c1-6(40)42-5-9-12(44-7(2)41)11(39)10-8(4-43-13(10)45-9)3-14(22,23)15(24,25)16(26,27)17(28,29)18(30,31)19(32,33)20(34,35)21(36,37)38/h8-13H,3-5H2,1-2H3/t8-,9+,10+,11+,12+,13-/m0/s1.